The van der Waals surface area contributed by atoms with Crippen LogP contribution in [0, 0.1) is 17.7 Å². The predicted molar refractivity (Wildman–Crippen MR) is 128 cm³/mol. The van der Waals surface area contributed by atoms with Gasteiger partial charge in [0.25, 0.3) is 0 Å². The minimum absolute atomic E-state index is 0.0413. The first-order chi connectivity index (χ1) is 16.9. The lowest BCUT2D eigenvalue weighted by atomic mass is 9.73. The highest BCUT2D eigenvalue weighted by Gasteiger charge is 2.47. The molecule has 0 radical (unpaired) electrons. The van der Waals surface area contributed by atoms with Gasteiger partial charge in [-0.3, -0.25) is 9.69 Å². The smallest absolute Gasteiger partial charge is 0.416 e. The summed E-state index contributed by atoms with van der Waals surface area (Å²) in [6, 6.07) is 8.01. The Hall–Kier alpha value is -2.61. The van der Waals surface area contributed by atoms with Crippen molar-refractivity contribution < 1.29 is 32.2 Å². The number of rotatable bonds is 6. The lowest BCUT2D eigenvalue weighted by molar-refractivity contribution is -0.141. The number of benzene rings is 2. The van der Waals surface area contributed by atoms with Gasteiger partial charge in [0.05, 0.1) is 11.5 Å². The predicted octanol–water partition coefficient (Wildman–Crippen LogP) is 6.66. The van der Waals surface area contributed by atoms with Gasteiger partial charge in [-0.15, -0.1) is 0 Å². The third-order valence-corrected chi connectivity index (χ3v) is 8.06. The number of aliphatic carboxylic acids is 1. The number of aryl methyl sites for hydroxylation is 1. The lowest BCUT2D eigenvalue weighted by Crippen LogP contribution is -2.56. The molecule has 1 saturated heterocycles. The number of carboxylic acids is 1. The largest absolute Gasteiger partial charge is 0.487 e. The van der Waals surface area contributed by atoms with Crippen molar-refractivity contribution in [2.24, 2.45) is 11.8 Å². The zero-order valence-electron chi connectivity index (χ0n) is 20.9. The molecule has 4 nitrogen and oxygen atoms in total. The van der Waals surface area contributed by atoms with Crippen molar-refractivity contribution in [3.8, 4) is 5.75 Å². The molecule has 0 bridgehead atoms. The number of halogens is 4. The molecule has 1 fully saturated rings. The van der Waals surface area contributed by atoms with E-state index >= 15 is 0 Å². The van der Waals surface area contributed by atoms with E-state index in [-0.39, 0.29) is 11.5 Å². The van der Waals surface area contributed by atoms with Gasteiger partial charge in [0.2, 0.25) is 0 Å². The Labute approximate surface area is 209 Å². The maximum atomic E-state index is 13.9. The molecule has 2 heterocycles. The van der Waals surface area contributed by atoms with Crippen molar-refractivity contribution in [3.63, 3.8) is 0 Å². The molecule has 2 aliphatic rings. The van der Waals surface area contributed by atoms with Gasteiger partial charge in [-0.2, -0.15) is 13.2 Å². The zero-order valence-corrected chi connectivity index (χ0v) is 20.9. The van der Waals surface area contributed by atoms with Crippen molar-refractivity contribution in [1.82, 2.24) is 4.90 Å². The van der Waals surface area contributed by atoms with Gasteiger partial charge in [0.1, 0.15) is 17.2 Å². The molecule has 2 aromatic rings. The van der Waals surface area contributed by atoms with E-state index in [9.17, 15) is 27.5 Å². The zero-order chi connectivity index (χ0) is 26.3. The molecule has 4 unspecified atom stereocenters. The summed E-state index contributed by atoms with van der Waals surface area (Å²) in [5.74, 6) is -1.15. The fraction of sp³-hybridized carbons (Fsp3) is 0.536. The van der Waals surface area contributed by atoms with Gasteiger partial charge < -0.3 is 9.84 Å². The second-order valence-electron chi connectivity index (χ2n) is 10.3. The third kappa shape index (κ3) is 5.24. The van der Waals surface area contributed by atoms with E-state index in [0.717, 1.165) is 54.3 Å². The van der Waals surface area contributed by atoms with Gasteiger partial charge in [-0.1, -0.05) is 26.0 Å². The van der Waals surface area contributed by atoms with Crippen LogP contribution >= 0.6 is 0 Å². The van der Waals surface area contributed by atoms with Gasteiger partial charge in [0, 0.05) is 31.5 Å². The number of piperidine rings is 1. The number of alkyl halides is 3. The highest BCUT2D eigenvalue weighted by Crippen LogP contribution is 2.46. The standard InChI is InChI=1S/C28H33F4NO3/c1-4-21-16-33(18(3)23-15-22(29)7-8-24(23)28(30,31)32)12-11-27(21)10-9-20-6-5-19(14-25(20)36-27)13-17(2)26(34)35/h5-8,14-15,17-18,21H,4,9-13,16H2,1-3H3,(H,34,35). The fourth-order valence-electron chi connectivity index (χ4n) is 5.81. The summed E-state index contributed by atoms with van der Waals surface area (Å²) in [7, 11) is 0. The Balaban J connectivity index is 1.55. The van der Waals surface area contributed by atoms with E-state index < -0.39 is 41.1 Å². The van der Waals surface area contributed by atoms with E-state index in [0.29, 0.717) is 25.9 Å². The molecular weight excluding hydrogens is 474 g/mol. The number of carboxylic acid groups (broad SMARTS) is 1. The summed E-state index contributed by atoms with van der Waals surface area (Å²) < 4.78 is 61.5. The van der Waals surface area contributed by atoms with E-state index in [2.05, 4.69) is 6.92 Å². The fourth-order valence-corrected chi connectivity index (χ4v) is 5.81. The van der Waals surface area contributed by atoms with Gasteiger partial charge in [-0.05, 0) is 73.6 Å². The van der Waals surface area contributed by atoms with Crippen LogP contribution in [0.15, 0.2) is 36.4 Å². The molecule has 4 atom stereocenters. The van der Waals surface area contributed by atoms with E-state index in [1.165, 1.54) is 0 Å². The van der Waals surface area contributed by atoms with Gasteiger partial charge in [0.15, 0.2) is 0 Å². The lowest BCUT2D eigenvalue weighted by Gasteiger charge is -2.51. The molecule has 0 aromatic heterocycles. The van der Waals surface area contributed by atoms with E-state index in [4.69, 9.17) is 4.74 Å². The molecule has 1 spiro atoms. The molecule has 1 N–H and O–H groups in total. The Morgan fingerprint density at radius 2 is 1.94 bits per heavy atom. The second kappa shape index (κ2) is 10.0. The number of hydrogen-bond donors (Lipinski definition) is 1. The first-order valence-electron chi connectivity index (χ1n) is 12.6. The molecule has 0 saturated carbocycles. The third-order valence-electron chi connectivity index (χ3n) is 8.06. The van der Waals surface area contributed by atoms with Crippen LogP contribution in [0.5, 0.6) is 5.75 Å². The van der Waals surface area contributed by atoms with Crippen molar-refractivity contribution >= 4 is 5.97 Å². The van der Waals surface area contributed by atoms with Crippen molar-refractivity contribution in [2.75, 3.05) is 13.1 Å². The molecule has 8 heteroatoms. The number of carbonyl (C=O) groups is 1. The molecular formula is C28H33F4NO3. The highest BCUT2D eigenvalue weighted by atomic mass is 19.4. The first kappa shape index (κ1) is 26.5. The van der Waals surface area contributed by atoms with Crippen LogP contribution in [0.2, 0.25) is 0 Å². The maximum absolute atomic E-state index is 13.9. The number of nitrogens with zero attached hydrogens (tertiary/aromatic N) is 1. The van der Waals surface area contributed by atoms with Crippen LogP contribution in [-0.2, 0) is 23.8 Å². The average Bonchev–Trinajstić information content (AvgIpc) is 2.82. The summed E-state index contributed by atoms with van der Waals surface area (Å²) in [6.07, 6.45) is -1.04. The molecule has 36 heavy (non-hydrogen) atoms. The quantitative estimate of drug-likeness (QED) is 0.444. The molecule has 4 rings (SSSR count). The molecule has 2 aliphatic heterocycles. The summed E-state index contributed by atoms with van der Waals surface area (Å²) in [5, 5.41) is 9.26. The van der Waals surface area contributed by atoms with Crippen molar-refractivity contribution in [1.29, 1.82) is 0 Å². The number of hydrogen-bond acceptors (Lipinski definition) is 3. The topological polar surface area (TPSA) is 49.8 Å². The Bertz CT molecular complexity index is 1120. The molecule has 2 aromatic carbocycles. The van der Waals surface area contributed by atoms with Crippen LogP contribution in [0.4, 0.5) is 17.6 Å². The van der Waals surface area contributed by atoms with Crippen LogP contribution in [-0.4, -0.2) is 34.7 Å². The van der Waals surface area contributed by atoms with Crippen molar-refractivity contribution in [3.05, 3.63) is 64.5 Å². The molecule has 0 aliphatic carbocycles. The maximum Gasteiger partial charge on any atom is 0.416 e. The first-order valence-corrected chi connectivity index (χ1v) is 12.6. The monoisotopic (exact) mass is 507 g/mol. The minimum atomic E-state index is -4.55. The van der Waals surface area contributed by atoms with Crippen molar-refractivity contribution in [2.45, 2.75) is 70.7 Å². The Kier molecular flexibility index (Phi) is 7.37. The average molecular weight is 508 g/mol. The molecule has 0 amide bonds. The number of likely N-dealkylation sites (tertiary alicyclic amines) is 1. The number of fused-ring (bicyclic) bond motifs is 1. The summed E-state index contributed by atoms with van der Waals surface area (Å²) in [4.78, 5) is 13.3. The normalized spacial score (nSPS) is 24.1. The van der Waals surface area contributed by atoms with Gasteiger partial charge in [-0.25, -0.2) is 4.39 Å². The summed E-state index contributed by atoms with van der Waals surface area (Å²) in [6.45, 7) is 6.54. The number of ether oxygens (including phenoxy) is 1. The molecule has 196 valence electrons. The van der Waals surface area contributed by atoms with Crippen LogP contribution in [0.3, 0.4) is 0 Å². The van der Waals surface area contributed by atoms with Crippen LogP contribution < -0.4 is 4.74 Å². The van der Waals surface area contributed by atoms with Crippen LogP contribution in [0.1, 0.15) is 68.3 Å². The second-order valence-corrected chi connectivity index (χ2v) is 10.3. The van der Waals surface area contributed by atoms with E-state index in [1.807, 2.05) is 23.1 Å². The summed E-state index contributed by atoms with van der Waals surface area (Å²) in [5.41, 5.74) is 0.735. The minimum Gasteiger partial charge on any atom is -0.487 e. The summed E-state index contributed by atoms with van der Waals surface area (Å²) >= 11 is 0. The Morgan fingerprint density at radius 3 is 2.61 bits per heavy atom. The highest BCUT2D eigenvalue weighted by molar-refractivity contribution is 5.70. The Morgan fingerprint density at radius 1 is 1.19 bits per heavy atom. The SMILES string of the molecule is CCC1CN(C(C)c2cc(F)ccc2C(F)(F)F)CCC12CCc1ccc(CC(C)C(=O)O)cc1O2. The van der Waals surface area contributed by atoms with Crippen LogP contribution in [0.25, 0.3) is 0 Å². The van der Waals surface area contributed by atoms with Gasteiger partial charge >= 0.3 is 12.1 Å². The van der Waals surface area contributed by atoms with E-state index in [1.54, 1.807) is 13.8 Å².